The van der Waals surface area contributed by atoms with Gasteiger partial charge in [-0.1, -0.05) is 26.0 Å². The number of nitrogens with zero attached hydrogens (tertiary/aromatic N) is 1. The fraction of sp³-hybridized carbons (Fsp3) is 0.500. The summed E-state index contributed by atoms with van der Waals surface area (Å²) in [4.78, 5) is 1.40. The molecule has 1 aromatic heterocycles. The van der Waals surface area contributed by atoms with Gasteiger partial charge in [0.1, 0.15) is 0 Å². The van der Waals surface area contributed by atoms with Crippen molar-refractivity contribution in [3.63, 3.8) is 0 Å². The van der Waals surface area contributed by atoms with E-state index in [9.17, 15) is 0 Å². The molecule has 0 aliphatic heterocycles. The lowest BCUT2D eigenvalue weighted by molar-refractivity contribution is 0.872. The van der Waals surface area contributed by atoms with E-state index >= 15 is 0 Å². The van der Waals surface area contributed by atoms with Crippen molar-refractivity contribution in [3.8, 4) is 0 Å². The highest BCUT2D eigenvalue weighted by Crippen LogP contribution is 2.24. The van der Waals surface area contributed by atoms with Gasteiger partial charge in [0.25, 0.3) is 0 Å². The molecule has 66 valence electrons. The van der Waals surface area contributed by atoms with Crippen LogP contribution in [0.3, 0.4) is 0 Å². The van der Waals surface area contributed by atoms with E-state index in [2.05, 4.69) is 31.7 Å². The molecule has 0 amide bonds. The lowest BCUT2D eigenvalue weighted by atomic mass is 10.0. The molecule has 0 aromatic carbocycles. The van der Waals surface area contributed by atoms with Gasteiger partial charge >= 0.3 is 0 Å². The Morgan fingerprint density at radius 2 is 2.33 bits per heavy atom. The molecule has 1 aromatic rings. The average Bonchev–Trinajstić information content (AvgIpc) is 2.33. The molecule has 0 radical (unpaired) electrons. The number of allylic oxidation sites excluding steroid dienone is 1. The maximum atomic E-state index is 4.20. The zero-order valence-electron chi connectivity index (χ0n) is 7.92. The summed E-state index contributed by atoms with van der Waals surface area (Å²) in [6, 6.07) is 0. The molecule has 12 heavy (non-hydrogen) atoms. The molecule has 1 nitrogen and oxygen atoms in total. The highest BCUT2D eigenvalue weighted by molar-refractivity contribution is 7.06. The molecular weight excluding hydrogens is 166 g/mol. The SMILES string of the molecule is C=C(C)Cc1cnsc1C(C)C. The largest absolute Gasteiger partial charge is 0.201 e. The fourth-order valence-corrected chi connectivity index (χ4v) is 1.95. The molecule has 0 atom stereocenters. The van der Waals surface area contributed by atoms with Crippen molar-refractivity contribution in [2.75, 3.05) is 0 Å². The molecule has 0 aliphatic rings. The second-order valence-corrected chi connectivity index (χ2v) is 4.34. The second-order valence-electron chi connectivity index (χ2n) is 3.50. The molecular formula is C10H15NS. The first kappa shape index (κ1) is 9.46. The average molecular weight is 181 g/mol. The van der Waals surface area contributed by atoms with Crippen LogP contribution in [0.1, 0.15) is 37.1 Å². The fourth-order valence-electron chi connectivity index (χ4n) is 1.20. The Kier molecular flexibility index (Phi) is 3.04. The Morgan fingerprint density at radius 1 is 1.67 bits per heavy atom. The van der Waals surface area contributed by atoms with Crippen LogP contribution in [0.2, 0.25) is 0 Å². The van der Waals surface area contributed by atoms with Gasteiger partial charge < -0.3 is 0 Å². The molecule has 2 heteroatoms. The predicted octanol–water partition coefficient (Wildman–Crippen LogP) is 3.39. The lowest BCUT2D eigenvalue weighted by Crippen LogP contribution is -1.90. The minimum absolute atomic E-state index is 0.590. The molecule has 1 heterocycles. The van der Waals surface area contributed by atoms with Crippen molar-refractivity contribution in [3.05, 3.63) is 28.8 Å². The first-order chi connectivity index (χ1) is 5.61. The van der Waals surface area contributed by atoms with Crippen molar-refractivity contribution in [2.45, 2.75) is 33.1 Å². The number of hydrogen-bond donors (Lipinski definition) is 0. The summed E-state index contributed by atoms with van der Waals surface area (Å²) in [5.41, 5.74) is 2.56. The molecule has 1 rings (SSSR count). The predicted molar refractivity (Wildman–Crippen MR) is 54.7 cm³/mol. The third-order valence-electron chi connectivity index (χ3n) is 1.69. The van der Waals surface area contributed by atoms with E-state index in [-0.39, 0.29) is 0 Å². The van der Waals surface area contributed by atoms with Gasteiger partial charge in [0.05, 0.1) is 0 Å². The van der Waals surface area contributed by atoms with E-state index in [1.807, 2.05) is 6.20 Å². The Hall–Kier alpha value is -0.630. The monoisotopic (exact) mass is 181 g/mol. The van der Waals surface area contributed by atoms with Crippen molar-refractivity contribution in [1.82, 2.24) is 4.37 Å². The Balaban J connectivity index is 2.84. The zero-order valence-corrected chi connectivity index (χ0v) is 8.74. The first-order valence-electron chi connectivity index (χ1n) is 4.19. The van der Waals surface area contributed by atoms with E-state index in [0.717, 1.165) is 6.42 Å². The molecule has 0 fully saturated rings. The van der Waals surface area contributed by atoms with Gasteiger partial charge in [-0.25, -0.2) is 4.37 Å². The van der Waals surface area contributed by atoms with E-state index in [4.69, 9.17) is 0 Å². The van der Waals surface area contributed by atoms with Crippen LogP contribution in [-0.2, 0) is 6.42 Å². The standard InChI is InChI=1S/C10H15NS/c1-7(2)5-9-6-11-12-10(9)8(3)4/h6,8H,1,5H2,2-4H3. The molecule has 0 aliphatic carbocycles. The van der Waals surface area contributed by atoms with Crippen LogP contribution in [0.5, 0.6) is 0 Å². The normalized spacial score (nSPS) is 10.7. The maximum absolute atomic E-state index is 4.20. The minimum Gasteiger partial charge on any atom is -0.201 e. The zero-order chi connectivity index (χ0) is 9.14. The third kappa shape index (κ3) is 2.18. The van der Waals surface area contributed by atoms with Crippen LogP contribution >= 0.6 is 11.5 Å². The summed E-state index contributed by atoms with van der Waals surface area (Å²) >= 11 is 1.61. The topological polar surface area (TPSA) is 12.9 Å². The summed E-state index contributed by atoms with van der Waals surface area (Å²) < 4.78 is 4.20. The molecule has 0 bridgehead atoms. The van der Waals surface area contributed by atoms with Crippen LogP contribution in [0.4, 0.5) is 0 Å². The highest BCUT2D eigenvalue weighted by atomic mass is 32.1. The Labute approximate surface area is 78.3 Å². The van der Waals surface area contributed by atoms with Gasteiger partial charge in [0, 0.05) is 11.1 Å². The summed E-state index contributed by atoms with van der Waals surface area (Å²) in [7, 11) is 0. The van der Waals surface area contributed by atoms with Crippen molar-refractivity contribution >= 4 is 11.5 Å². The summed E-state index contributed by atoms with van der Waals surface area (Å²) in [6.45, 7) is 10.4. The van der Waals surface area contributed by atoms with E-state index in [0.29, 0.717) is 5.92 Å². The van der Waals surface area contributed by atoms with Crippen LogP contribution in [0, 0.1) is 0 Å². The van der Waals surface area contributed by atoms with Gasteiger partial charge in [-0.2, -0.15) is 0 Å². The van der Waals surface area contributed by atoms with Crippen LogP contribution in [0.15, 0.2) is 18.3 Å². The Morgan fingerprint density at radius 3 is 2.83 bits per heavy atom. The Bertz CT molecular complexity index is 273. The lowest BCUT2D eigenvalue weighted by Gasteiger charge is -2.04. The van der Waals surface area contributed by atoms with Crippen molar-refractivity contribution in [1.29, 1.82) is 0 Å². The van der Waals surface area contributed by atoms with Gasteiger partial charge in [0.2, 0.25) is 0 Å². The highest BCUT2D eigenvalue weighted by Gasteiger charge is 2.08. The molecule has 0 saturated heterocycles. The maximum Gasteiger partial charge on any atom is 0.0445 e. The molecule has 0 saturated carbocycles. The molecule has 0 unspecified atom stereocenters. The summed E-state index contributed by atoms with van der Waals surface area (Å²) in [6.07, 6.45) is 2.94. The third-order valence-corrected chi connectivity index (χ3v) is 2.83. The van der Waals surface area contributed by atoms with Crippen LogP contribution < -0.4 is 0 Å². The summed E-state index contributed by atoms with van der Waals surface area (Å²) in [5.74, 6) is 0.590. The minimum atomic E-state index is 0.590. The molecule has 0 spiro atoms. The van der Waals surface area contributed by atoms with E-state index in [1.165, 1.54) is 16.0 Å². The number of aromatic nitrogens is 1. The number of hydrogen-bond acceptors (Lipinski definition) is 2. The van der Waals surface area contributed by atoms with Crippen molar-refractivity contribution in [2.24, 2.45) is 0 Å². The second kappa shape index (κ2) is 3.85. The summed E-state index contributed by atoms with van der Waals surface area (Å²) in [5, 5.41) is 0. The van der Waals surface area contributed by atoms with Gasteiger partial charge in [-0.15, -0.1) is 0 Å². The van der Waals surface area contributed by atoms with Gasteiger partial charge in [0.15, 0.2) is 0 Å². The van der Waals surface area contributed by atoms with Crippen LogP contribution in [0.25, 0.3) is 0 Å². The number of rotatable bonds is 3. The van der Waals surface area contributed by atoms with E-state index in [1.54, 1.807) is 11.5 Å². The van der Waals surface area contributed by atoms with E-state index < -0.39 is 0 Å². The van der Waals surface area contributed by atoms with Crippen LogP contribution in [-0.4, -0.2) is 4.37 Å². The molecule has 0 N–H and O–H groups in total. The van der Waals surface area contributed by atoms with Crippen molar-refractivity contribution < 1.29 is 0 Å². The van der Waals surface area contributed by atoms with Gasteiger partial charge in [-0.3, -0.25) is 0 Å². The quantitative estimate of drug-likeness (QED) is 0.651. The smallest absolute Gasteiger partial charge is 0.0445 e. The first-order valence-corrected chi connectivity index (χ1v) is 4.96. The van der Waals surface area contributed by atoms with Gasteiger partial charge in [-0.05, 0) is 36.4 Å².